The molecule has 2 N–H and O–H groups in total. The molecule has 0 saturated carbocycles. The zero-order chi connectivity index (χ0) is 18.5. The molecular weight excluding hydrogens is 352 g/mol. The average Bonchev–Trinajstić information content (AvgIpc) is 2.73. The van der Waals surface area contributed by atoms with Crippen molar-refractivity contribution >= 4 is 34.1 Å². The minimum Gasteiger partial charge on any atom is -0.358 e. The Morgan fingerprint density at radius 2 is 1.44 bits per heavy atom. The van der Waals surface area contributed by atoms with Crippen LogP contribution in [0.3, 0.4) is 0 Å². The van der Waals surface area contributed by atoms with Crippen molar-refractivity contribution in [2.24, 2.45) is 0 Å². The Kier molecular flexibility index (Phi) is 5.03. The van der Waals surface area contributed by atoms with E-state index in [4.69, 9.17) is 22.2 Å². The topological polar surface area (TPSA) is 49.8 Å². The van der Waals surface area contributed by atoms with Crippen LogP contribution in [0.15, 0.2) is 84.9 Å². The summed E-state index contributed by atoms with van der Waals surface area (Å²) in [5, 5.41) is 7.93. The molecule has 0 aliphatic heterocycles. The summed E-state index contributed by atoms with van der Waals surface area (Å²) in [6, 6.07) is 28.0. The highest BCUT2D eigenvalue weighted by Crippen LogP contribution is 2.24. The SMILES string of the molecule is S=C(NCc1ccccc1)Nc1nc(-c2ccccc2)nc2ccccc12. The molecule has 0 spiro atoms. The number of hydrogen-bond donors (Lipinski definition) is 2. The summed E-state index contributed by atoms with van der Waals surface area (Å²) < 4.78 is 0. The van der Waals surface area contributed by atoms with E-state index in [1.807, 2.05) is 72.8 Å². The van der Waals surface area contributed by atoms with E-state index < -0.39 is 0 Å². The molecule has 4 rings (SSSR count). The van der Waals surface area contributed by atoms with Crippen LogP contribution in [-0.2, 0) is 6.54 Å². The van der Waals surface area contributed by atoms with Crippen LogP contribution in [0.25, 0.3) is 22.3 Å². The van der Waals surface area contributed by atoms with Gasteiger partial charge in [-0.3, -0.25) is 0 Å². The Balaban J connectivity index is 1.61. The smallest absolute Gasteiger partial charge is 0.172 e. The van der Waals surface area contributed by atoms with Crippen molar-refractivity contribution in [3.63, 3.8) is 0 Å². The van der Waals surface area contributed by atoms with Gasteiger partial charge in [0.15, 0.2) is 10.9 Å². The largest absolute Gasteiger partial charge is 0.358 e. The molecule has 1 aromatic heterocycles. The number of hydrogen-bond acceptors (Lipinski definition) is 3. The number of nitrogens with one attached hydrogen (secondary N) is 2. The molecule has 0 aliphatic rings. The van der Waals surface area contributed by atoms with Gasteiger partial charge in [0.05, 0.1) is 5.52 Å². The van der Waals surface area contributed by atoms with Gasteiger partial charge in [-0.2, -0.15) is 0 Å². The summed E-state index contributed by atoms with van der Waals surface area (Å²) in [4.78, 5) is 9.41. The van der Waals surface area contributed by atoms with Gasteiger partial charge in [-0.1, -0.05) is 72.8 Å². The Morgan fingerprint density at radius 1 is 0.778 bits per heavy atom. The lowest BCUT2D eigenvalue weighted by atomic mass is 10.2. The maximum atomic E-state index is 5.48. The fourth-order valence-corrected chi connectivity index (χ4v) is 2.99. The Labute approximate surface area is 163 Å². The van der Waals surface area contributed by atoms with Gasteiger partial charge < -0.3 is 10.6 Å². The second-order valence-electron chi connectivity index (χ2n) is 6.07. The number of benzene rings is 3. The minimum absolute atomic E-state index is 0.529. The minimum atomic E-state index is 0.529. The highest BCUT2D eigenvalue weighted by molar-refractivity contribution is 7.80. The van der Waals surface area contributed by atoms with E-state index in [1.54, 1.807) is 0 Å². The lowest BCUT2D eigenvalue weighted by molar-refractivity contribution is 0.925. The van der Waals surface area contributed by atoms with Gasteiger partial charge in [-0.15, -0.1) is 0 Å². The van der Waals surface area contributed by atoms with Crippen molar-refractivity contribution in [2.45, 2.75) is 6.54 Å². The standard InChI is InChI=1S/C22H18N4S/c27-22(23-15-16-9-3-1-4-10-16)26-21-18-13-7-8-14-19(18)24-20(25-21)17-11-5-2-6-12-17/h1-14H,15H2,(H2,23,24,25,26,27). The first-order valence-electron chi connectivity index (χ1n) is 8.70. The molecule has 4 aromatic rings. The molecule has 0 radical (unpaired) electrons. The molecular formula is C22H18N4S. The molecule has 3 aromatic carbocycles. The number of rotatable bonds is 4. The Bertz CT molecular complexity index is 1070. The summed E-state index contributed by atoms with van der Waals surface area (Å²) in [6.45, 7) is 0.654. The molecule has 0 unspecified atom stereocenters. The van der Waals surface area contributed by atoms with Crippen LogP contribution >= 0.6 is 12.2 Å². The number of para-hydroxylation sites is 1. The fraction of sp³-hybridized carbons (Fsp3) is 0.0455. The lowest BCUT2D eigenvalue weighted by Crippen LogP contribution is -2.28. The molecule has 4 nitrogen and oxygen atoms in total. The van der Waals surface area contributed by atoms with Gasteiger partial charge in [0, 0.05) is 17.5 Å². The van der Waals surface area contributed by atoms with E-state index in [1.165, 1.54) is 5.56 Å². The van der Waals surface area contributed by atoms with Crippen molar-refractivity contribution in [2.75, 3.05) is 5.32 Å². The maximum Gasteiger partial charge on any atom is 0.172 e. The van der Waals surface area contributed by atoms with Crippen LogP contribution < -0.4 is 10.6 Å². The Morgan fingerprint density at radius 3 is 2.22 bits per heavy atom. The van der Waals surface area contributed by atoms with Gasteiger partial charge in [-0.25, -0.2) is 9.97 Å². The van der Waals surface area contributed by atoms with Crippen molar-refractivity contribution in [3.05, 3.63) is 90.5 Å². The van der Waals surface area contributed by atoms with E-state index in [-0.39, 0.29) is 0 Å². The summed E-state index contributed by atoms with van der Waals surface area (Å²) in [7, 11) is 0. The zero-order valence-corrected chi connectivity index (χ0v) is 15.4. The predicted molar refractivity (Wildman–Crippen MR) is 114 cm³/mol. The number of fused-ring (bicyclic) bond motifs is 1. The number of aromatic nitrogens is 2. The summed E-state index contributed by atoms with van der Waals surface area (Å²) >= 11 is 5.48. The molecule has 0 aliphatic carbocycles. The average molecular weight is 370 g/mol. The lowest BCUT2D eigenvalue weighted by Gasteiger charge is -2.13. The summed E-state index contributed by atoms with van der Waals surface area (Å²) in [5.74, 6) is 1.37. The van der Waals surface area contributed by atoms with Crippen LogP contribution in [0, 0.1) is 0 Å². The van der Waals surface area contributed by atoms with Crippen LogP contribution in [-0.4, -0.2) is 15.1 Å². The number of thiocarbonyl (C=S) groups is 1. The fourth-order valence-electron chi connectivity index (χ4n) is 2.82. The quantitative estimate of drug-likeness (QED) is 0.506. The molecule has 0 atom stereocenters. The van der Waals surface area contributed by atoms with E-state index in [0.29, 0.717) is 23.3 Å². The van der Waals surface area contributed by atoms with Crippen molar-refractivity contribution in [1.29, 1.82) is 0 Å². The molecule has 27 heavy (non-hydrogen) atoms. The maximum absolute atomic E-state index is 5.48. The third kappa shape index (κ3) is 4.10. The first-order valence-corrected chi connectivity index (χ1v) is 9.11. The summed E-state index contributed by atoms with van der Waals surface area (Å²) in [5.41, 5.74) is 3.01. The summed E-state index contributed by atoms with van der Waals surface area (Å²) in [6.07, 6.45) is 0. The molecule has 1 heterocycles. The predicted octanol–water partition coefficient (Wildman–Crippen LogP) is 4.78. The molecule has 132 valence electrons. The van der Waals surface area contributed by atoms with Crippen LogP contribution in [0.1, 0.15) is 5.56 Å². The molecule has 0 amide bonds. The second kappa shape index (κ2) is 7.93. The van der Waals surface area contributed by atoms with Crippen LogP contribution in [0.4, 0.5) is 5.82 Å². The Hall–Kier alpha value is -3.31. The van der Waals surface area contributed by atoms with Gasteiger partial charge in [0.1, 0.15) is 5.82 Å². The van der Waals surface area contributed by atoms with Crippen molar-refractivity contribution in [1.82, 2.24) is 15.3 Å². The van der Waals surface area contributed by atoms with Gasteiger partial charge in [0.2, 0.25) is 0 Å². The normalized spacial score (nSPS) is 10.5. The second-order valence-corrected chi connectivity index (χ2v) is 6.48. The molecule has 5 heteroatoms. The van der Waals surface area contributed by atoms with Gasteiger partial charge in [0.25, 0.3) is 0 Å². The molecule has 0 fully saturated rings. The van der Waals surface area contributed by atoms with Crippen LogP contribution in [0.2, 0.25) is 0 Å². The zero-order valence-electron chi connectivity index (χ0n) is 14.6. The van der Waals surface area contributed by atoms with Gasteiger partial charge in [-0.05, 0) is 29.9 Å². The first-order chi connectivity index (χ1) is 13.3. The van der Waals surface area contributed by atoms with E-state index >= 15 is 0 Å². The first kappa shape index (κ1) is 17.1. The van der Waals surface area contributed by atoms with E-state index in [9.17, 15) is 0 Å². The van der Waals surface area contributed by atoms with E-state index in [2.05, 4.69) is 22.8 Å². The van der Waals surface area contributed by atoms with Crippen molar-refractivity contribution < 1.29 is 0 Å². The molecule has 0 bridgehead atoms. The van der Waals surface area contributed by atoms with Crippen molar-refractivity contribution in [3.8, 4) is 11.4 Å². The van der Waals surface area contributed by atoms with Gasteiger partial charge >= 0.3 is 0 Å². The highest BCUT2D eigenvalue weighted by atomic mass is 32.1. The van der Waals surface area contributed by atoms with Crippen LogP contribution in [0.5, 0.6) is 0 Å². The number of nitrogens with zero attached hydrogens (tertiary/aromatic N) is 2. The van der Waals surface area contributed by atoms with E-state index in [0.717, 1.165) is 16.5 Å². The number of anilines is 1. The third-order valence-electron chi connectivity index (χ3n) is 4.16. The monoisotopic (exact) mass is 370 g/mol. The highest BCUT2D eigenvalue weighted by Gasteiger charge is 2.10. The third-order valence-corrected chi connectivity index (χ3v) is 4.41. The molecule has 0 saturated heterocycles.